The van der Waals surface area contributed by atoms with Gasteiger partial charge in [-0.2, -0.15) is 5.10 Å². The SMILES string of the molecule is CCn1nc(C)c(NC(=O)[C@@H]2CNCCO2)c1C. The van der Waals surface area contributed by atoms with E-state index in [0.717, 1.165) is 30.2 Å². The highest BCUT2D eigenvalue weighted by Gasteiger charge is 2.23. The van der Waals surface area contributed by atoms with Gasteiger partial charge in [-0.1, -0.05) is 0 Å². The van der Waals surface area contributed by atoms with Crippen molar-refractivity contribution >= 4 is 11.6 Å². The Balaban J connectivity index is 2.08. The number of aromatic nitrogens is 2. The summed E-state index contributed by atoms with van der Waals surface area (Å²) in [6.07, 6.45) is -0.414. The number of morpholine rings is 1. The maximum absolute atomic E-state index is 12.1. The van der Waals surface area contributed by atoms with Crippen LogP contribution in [-0.2, 0) is 16.1 Å². The van der Waals surface area contributed by atoms with Gasteiger partial charge in [-0.05, 0) is 20.8 Å². The van der Waals surface area contributed by atoms with Crippen LogP contribution >= 0.6 is 0 Å². The molecule has 0 unspecified atom stereocenters. The summed E-state index contributed by atoms with van der Waals surface area (Å²) in [4.78, 5) is 12.1. The monoisotopic (exact) mass is 252 g/mol. The van der Waals surface area contributed by atoms with Crippen LogP contribution in [0.2, 0.25) is 0 Å². The van der Waals surface area contributed by atoms with Crippen molar-refractivity contribution in [3.8, 4) is 0 Å². The molecule has 0 spiro atoms. The third-order valence-corrected chi connectivity index (χ3v) is 3.15. The van der Waals surface area contributed by atoms with Crippen molar-refractivity contribution in [1.82, 2.24) is 15.1 Å². The van der Waals surface area contributed by atoms with Crippen molar-refractivity contribution < 1.29 is 9.53 Å². The number of hydrogen-bond donors (Lipinski definition) is 2. The molecular formula is C12H20N4O2. The zero-order valence-corrected chi connectivity index (χ0v) is 11.1. The standard InChI is InChI=1S/C12H20N4O2/c1-4-16-9(3)11(8(2)15-16)14-12(17)10-7-13-5-6-18-10/h10,13H,4-7H2,1-3H3,(H,14,17)/t10-/m0/s1. The molecule has 0 radical (unpaired) electrons. The van der Waals surface area contributed by atoms with Gasteiger partial charge < -0.3 is 15.4 Å². The van der Waals surface area contributed by atoms with Crippen LogP contribution in [0.3, 0.4) is 0 Å². The number of amides is 1. The molecular weight excluding hydrogens is 232 g/mol. The minimum Gasteiger partial charge on any atom is -0.366 e. The molecule has 1 aliphatic rings. The molecule has 2 N–H and O–H groups in total. The Morgan fingerprint density at radius 3 is 2.94 bits per heavy atom. The van der Waals surface area contributed by atoms with Crippen LogP contribution in [-0.4, -0.2) is 41.5 Å². The minimum atomic E-state index is -0.414. The summed E-state index contributed by atoms with van der Waals surface area (Å²) in [5.41, 5.74) is 2.62. The molecule has 1 amide bonds. The first kappa shape index (κ1) is 13.0. The van der Waals surface area contributed by atoms with Gasteiger partial charge in [0, 0.05) is 19.6 Å². The highest BCUT2D eigenvalue weighted by atomic mass is 16.5. The van der Waals surface area contributed by atoms with Gasteiger partial charge in [-0.3, -0.25) is 9.48 Å². The predicted octanol–water partition coefficient (Wildman–Crippen LogP) is 0.447. The van der Waals surface area contributed by atoms with E-state index in [9.17, 15) is 4.79 Å². The smallest absolute Gasteiger partial charge is 0.254 e. The second-order valence-corrected chi connectivity index (χ2v) is 4.41. The van der Waals surface area contributed by atoms with E-state index >= 15 is 0 Å². The van der Waals surface area contributed by atoms with Gasteiger partial charge >= 0.3 is 0 Å². The van der Waals surface area contributed by atoms with E-state index in [4.69, 9.17) is 4.74 Å². The van der Waals surface area contributed by atoms with Gasteiger partial charge in [0.05, 0.1) is 23.7 Å². The summed E-state index contributed by atoms with van der Waals surface area (Å²) in [6, 6.07) is 0. The van der Waals surface area contributed by atoms with Gasteiger partial charge in [-0.15, -0.1) is 0 Å². The lowest BCUT2D eigenvalue weighted by atomic mass is 10.2. The van der Waals surface area contributed by atoms with Gasteiger partial charge in [0.15, 0.2) is 0 Å². The van der Waals surface area contributed by atoms with Crippen LogP contribution in [0.25, 0.3) is 0 Å². The van der Waals surface area contributed by atoms with Crippen molar-refractivity contribution in [3.05, 3.63) is 11.4 Å². The molecule has 1 saturated heterocycles. The van der Waals surface area contributed by atoms with Gasteiger partial charge in [0.2, 0.25) is 0 Å². The molecule has 1 atom stereocenters. The molecule has 0 bridgehead atoms. The number of anilines is 1. The largest absolute Gasteiger partial charge is 0.366 e. The second-order valence-electron chi connectivity index (χ2n) is 4.41. The zero-order chi connectivity index (χ0) is 13.1. The van der Waals surface area contributed by atoms with Gasteiger partial charge in [0.25, 0.3) is 5.91 Å². The molecule has 1 aliphatic heterocycles. The number of hydrogen-bond acceptors (Lipinski definition) is 4. The lowest BCUT2D eigenvalue weighted by Crippen LogP contribution is -2.45. The molecule has 0 aliphatic carbocycles. The quantitative estimate of drug-likeness (QED) is 0.819. The van der Waals surface area contributed by atoms with Crippen molar-refractivity contribution in [2.24, 2.45) is 0 Å². The molecule has 1 fully saturated rings. The highest BCUT2D eigenvalue weighted by molar-refractivity contribution is 5.95. The number of carbonyl (C=O) groups excluding carboxylic acids is 1. The molecule has 0 aromatic carbocycles. The van der Waals surface area contributed by atoms with Gasteiger partial charge in [0.1, 0.15) is 6.10 Å². The first-order valence-corrected chi connectivity index (χ1v) is 6.30. The maximum Gasteiger partial charge on any atom is 0.254 e. The molecule has 2 rings (SSSR count). The molecule has 100 valence electrons. The number of carbonyl (C=O) groups is 1. The normalized spacial score (nSPS) is 19.8. The summed E-state index contributed by atoms with van der Waals surface area (Å²) in [5, 5.41) is 10.4. The van der Waals surface area contributed by atoms with E-state index in [0.29, 0.717) is 13.2 Å². The fraction of sp³-hybridized carbons (Fsp3) is 0.667. The van der Waals surface area contributed by atoms with Crippen molar-refractivity contribution in [3.63, 3.8) is 0 Å². The molecule has 0 saturated carbocycles. The van der Waals surface area contributed by atoms with Gasteiger partial charge in [-0.25, -0.2) is 0 Å². The highest BCUT2D eigenvalue weighted by Crippen LogP contribution is 2.19. The Bertz CT molecular complexity index is 436. The summed E-state index contributed by atoms with van der Waals surface area (Å²) in [7, 11) is 0. The summed E-state index contributed by atoms with van der Waals surface area (Å²) in [6.45, 7) is 8.61. The minimum absolute atomic E-state index is 0.107. The number of ether oxygens (including phenoxy) is 1. The van der Waals surface area contributed by atoms with Crippen LogP contribution in [0, 0.1) is 13.8 Å². The molecule has 6 nitrogen and oxygen atoms in total. The van der Waals surface area contributed by atoms with Crippen molar-refractivity contribution in [2.75, 3.05) is 25.0 Å². The maximum atomic E-state index is 12.1. The van der Waals surface area contributed by atoms with E-state index in [-0.39, 0.29) is 5.91 Å². The fourth-order valence-corrected chi connectivity index (χ4v) is 2.12. The average Bonchev–Trinajstić information content (AvgIpc) is 2.67. The lowest BCUT2D eigenvalue weighted by Gasteiger charge is -2.22. The van der Waals surface area contributed by atoms with E-state index < -0.39 is 6.10 Å². The Morgan fingerprint density at radius 1 is 1.61 bits per heavy atom. The summed E-state index contributed by atoms with van der Waals surface area (Å²) < 4.78 is 7.30. The van der Waals surface area contributed by atoms with E-state index in [2.05, 4.69) is 15.7 Å². The average molecular weight is 252 g/mol. The second kappa shape index (κ2) is 5.49. The number of aryl methyl sites for hydroxylation is 2. The van der Waals surface area contributed by atoms with E-state index in [1.54, 1.807) is 0 Å². The number of rotatable bonds is 3. The lowest BCUT2D eigenvalue weighted by molar-refractivity contribution is -0.128. The summed E-state index contributed by atoms with van der Waals surface area (Å²) in [5.74, 6) is -0.107. The fourth-order valence-electron chi connectivity index (χ4n) is 2.12. The molecule has 6 heteroatoms. The number of nitrogens with zero attached hydrogens (tertiary/aromatic N) is 2. The van der Waals surface area contributed by atoms with Crippen LogP contribution in [0.1, 0.15) is 18.3 Å². The third kappa shape index (κ3) is 2.54. The Labute approximate surface area is 107 Å². The topological polar surface area (TPSA) is 68.2 Å². The predicted molar refractivity (Wildman–Crippen MR) is 68.6 cm³/mol. The summed E-state index contributed by atoms with van der Waals surface area (Å²) >= 11 is 0. The van der Waals surface area contributed by atoms with Crippen molar-refractivity contribution in [2.45, 2.75) is 33.4 Å². The first-order chi connectivity index (χ1) is 8.63. The molecule has 1 aromatic heterocycles. The Morgan fingerprint density at radius 2 is 2.39 bits per heavy atom. The van der Waals surface area contributed by atoms with Crippen LogP contribution < -0.4 is 10.6 Å². The van der Waals surface area contributed by atoms with Crippen LogP contribution in [0.15, 0.2) is 0 Å². The zero-order valence-electron chi connectivity index (χ0n) is 11.1. The molecule has 18 heavy (non-hydrogen) atoms. The van der Waals surface area contributed by atoms with Crippen molar-refractivity contribution in [1.29, 1.82) is 0 Å². The first-order valence-electron chi connectivity index (χ1n) is 6.30. The Kier molecular flexibility index (Phi) is 3.98. The van der Waals surface area contributed by atoms with Crippen LogP contribution in [0.4, 0.5) is 5.69 Å². The molecule has 2 heterocycles. The third-order valence-electron chi connectivity index (χ3n) is 3.15. The van der Waals surface area contributed by atoms with E-state index in [1.165, 1.54) is 0 Å². The number of nitrogens with one attached hydrogen (secondary N) is 2. The molecule has 1 aromatic rings. The van der Waals surface area contributed by atoms with Crippen LogP contribution in [0.5, 0.6) is 0 Å². The Hall–Kier alpha value is -1.40. The van der Waals surface area contributed by atoms with E-state index in [1.807, 2.05) is 25.5 Å².